The molecule has 1 aliphatic rings. The number of benzene rings is 1. The zero-order valence-electron chi connectivity index (χ0n) is 12.3. The quantitative estimate of drug-likeness (QED) is 0.762. The van der Waals surface area contributed by atoms with Gasteiger partial charge in [0.15, 0.2) is 0 Å². The van der Waals surface area contributed by atoms with Crippen molar-refractivity contribution in [1.29, 1.82) is 0 Å². The number of nitrogens with zero attached hydrogens (tertiary/aromatic N) is 1. The second-order valence-electron chi connectivity index (χ2n) is 5.34. The molecule has 2 unspecified atom stereocenters. The Morgan fingerprint density at radius 1 is 1.45 bits per heavy atom. The molecule has 7 heteroatoms. The number of urea groups is 1. The van der Waals surface area contributed by atoms with E-state index in [0.717, 1.165) is 9.37 Å². The zero-order chi connectivity index (χ0) is 16.1. The van der Waals surface area contributed by atoms with Gasteiger partial charge in [-0.15, -0.1) is 11.8 Å². The lowest BCUT2D eigenvalue weighted by atomic mass is 10.1. The minimum atomic E-state index is -0.825. The van der Waals surface area contributed by atoms with Gasteiger partial charge in [0, 0.05) is 34.3 Å². The van der Waals surface area contributed by atoms with Crippen molar-refractivity contribution in [2.75, 3.05) is 19.6 Å². The standard InChI is InChI=1S/C15H19BrN2O3S/c1-10(22-13-4-2-12(16)3-5-13)8-17-15(21)18-7-6-11(9-18)14(19)20/h2-5,10-11H,6-9H2,1H3,(H,17,21)(H,19,20). The number of hydrogen-bond donors (Lipinski definition) is 2. The first kappa shape index (κ1) is 17.1. The summed E-state index contributed by atoms with van der Waals surface area (Å²) in [6.45, 7) is 3.41. The fourth-order valence-corrected chi connectivity index (χ4v) is 3.47. The highest BCUT2D eigenvalue weighted by Crippen LogP contribution is 2.24. The molecular formula is C15H19BrN2O3S. The van der Waals surface area contributed by atoms with Gasteiger partial charge in [-0.2, -0.15) is 0 Å². The van der Waals surface area contributed by atoms with Crippen molar-refractivity contribution in [1.82, 2.24) is 10.2 Å². The predicted octanol–water partition coefficient (Wildman–Crippen LogP) is 3.05. The number of thioether (sulfide) groups is 1. The largest absolute Gasteiger partial charge is 0.481 e. The summed E-state index contributed by atoms with van der Waals surface area (Å²) in [5.74, 6) is -1.25. The topological polar surface area (TPSA) is 69.6 Å². The van der Waals surface area contributed by atoms with Gasteiger partial charge in [-0.1, -0.05) is 22.9 Å². The normalized spacial score (nSPS) is 19.0. The number of rotatable bonds is 5. The van der Waals surface area contributed by atoms with E-state index in [1.165, 1.54) is 0 Å². The van der Waals surface area contributed by atoms with E-state index in [1.54, 1.807) is 16.7 Å². The highest BCUT2D eigenvalue weighted by atomic mass is 79.9. The third-order valence-corrected chi connectivity index (χ3v) is 5.16. The molecular weight excluding hydrogens is 368 g/mol. The van der Waals surface area contributed by atoms with E-state index in [2.05, 4.69) is 28.2 Å². The molecule has 1 aromatic carbocycles. The van der Waals surface area contributed by atoms with Crippen LogP contribution < -0.4 is 5.32 Å². The van der Waals surface area contributed by atoms with Crippen LogP contribution in [0, 0.1) is 5.92 Å². The fourth-order valence-electron chi connectivity index (χ4n) is 2.28. The van der Waals surface area contributed by atoms with Gasteiger partial charge in [0.1, 0.15) is 0 Å². The summed E-state index contributed by atoms with van der Waals surface area (Å²) in [6, 6.07) is 7.87. The van der Waals surface area contributed by atoms with Crippen molar-refractivity contribution < 1.29 is 14.7 Å². The van der Waals surface area contributed by atoms with Gasteiger partial charge in [0.2, 0.25) is 0 Å². The first-order valence-corrected chi connectivity index (χ1v) is 8.81. The highest BCUT2D eigenvalue weighted by Gasteiger charge is 2.30. The Hall–Kier alpha value is -1.21. The molecule has 1 saturated heterocycles. The monoisotopic (exact) mass is 386 g/mol. The number of hydrogen-bond acceptors (Lipinski definition) is 3. The molecule has 1 aliphatic heterocycles. The predicted molar refractivity (Wildman–Crippen MR) is 90.2 cm³/mol. The number of aliphatic carboxylic acids is 1. The summed E-state index contributed by atoms with van der Waals surface area (Å²) in [5, 5.41) is 12.1. The summed E-state index contributed by atoms with van der Waals surface area (Å²) in [4.78, 5) is 25.6. The smallest absolute Gasteiger partial charge is 0.317 e. The SMILES string of the molecule is CC(CNC(=O)N1CCC(C(=O)O)C1)Sc1ccc(Br)cc1. The van der Waals surface area contributed by atoms with E-state index >= 15 is 0 Å². The van der Waals surface area contributed by atoms with Gasteiger partial charge < -0.3 is 15.3 Å². The molecule has 1 aromatic rings. The number of carboxylic acid groups (broad SMARTS) is 1. The molecule has 0 aliphatic carbocycles. The molecule has 2 N–H and O–H groups in total. The summed E-state index contributed by atoms with van der Waals surface area (Å²) in [5.41, 5.74) is 0. The van der Waals surface area contributed by atoms with Crippen LogP contribution in [0.5, 0.6) is 0 Å². The second-order valence-corrected chi connectivity index (χ2v) is 7.77. The summed E-state index contributed by atoms with van der Waals surface area (Å²) in [7, 11) is 0. The molecule has 0 spiro atoms. The molecule has 0 radical (unpaired) electrons. The number of amides is 2. The average molecular weight is 387 g/mol. The van der Waals surface area contributed by atoms with E-state index in [4.69, 9.17) is 5.11 Å². The van der Waals surface area contributed by atoms with Crippen LogP contribution >= 0.6 is 27.7 Å². The Morgan fingerprint density at radius 3 is 2.73 bits per heavy atom. The lowest BCUT2D eigenvalue weighted by molar-refractivity contribution is -0.141. The van der Waals surface area contributed by atoms with E-state index in [1.807, 2.05) is 24.3 Å². The molecule has 2 rings (SSSR count). The maximum atomic E-state index is 12.0. The van der Waals surface area contributed by atoms with E-state index in [-0.39, 0.29) is 11.3 Å². The molecule has 2 amide bonds. The van der Waals surface area contributed by atoms with Crippen LogP contribution in [0.2, 0.25) is 0 Å². The lowest BCUT2D eigenvalue weighted by Crippen LogP contribution is -2.41. The maximum Gasteiger partial charge on any atom is 0.317 e. The van der Waals surface area contributed by atoms with Gasteiger partial charge >= 0.3 is 12.0 Å². The van der Waals surface area contributed by atoms with E-state index in [0.29, 0.717) is 26.1 Å². The molecule has 1 fully saturated rings. The third-order valence-electron chi connectivity index (χ3n) is 3.52. The van der Waals surface area contributed by atoms with Gasteiger partial charge in [0.25, 0.3) is 0 Å². The molecule has 0 aromatic heterocycles. The van der Waals surface area contributed by atoms with Gasteiger partial charge in [-0.05, 0) is 30.7 Å². The van der Waals surface area contributed by atoms with Crippen molar-refractivity contribution in [3.63, 3.8) is 0 Å². The molecule has 0 saturated carbocycles. The Morgan fingerprint density at radius 2 is 2.14 bits per heavy atom. The molecule has 22 heavy (non-hydrogen) atoms. The Labute approximate surface area is 142 Å². The van der Waals surface area contributed by atoms with Crippen molar-refractivity contribution in [3.8, 4) is 0 Å². The van der Waals surface area contributed by atoms with Crippen LogP contribution in [-0.2, 0) is 4.79 Å². The van der Waals surface area contributed by atoms with Crippen LogP contribution in [0.4, 0.5) is 4.79 Å². The maximum absolute atomic E-state index is 12.0. The Kier molecular flexibility index (Phi) is 6.14. The van der Waals surface area contributed by atoms with Crippen molar-refractivity contribution >= 4 is 39.7 Å². The second kappa shape index (κ2) is 7.87. The molecule has 5 nitrogen and oxygen atoms in total. The lowest BCUT2D eigenvalue weighted by Gasteiger charge is -2.19. The number of likely N-dealkylation sites (tertiary alicyclic amines) is 1. The van der Waals surface area contributed by atoms with Gasteiger partial charge in [-0.3, -0.25) is 4.79 Å². The van der Waals surface area contributed by atoms with Crippen LogP contribution in [-0.4, -0.2) is 46.9 Å². The van der Waals surface area contributed by atoms with Crippen LogP contribution in [0.3, 0.4) is 0 Å². The summed E-state index contributed by atoms with van der Waals surface area (Å²) in [6.07, 6.45) is 0.534. The molecule has 1 heterocycles. The summed E-state index contributed by atoms with van der Waals surface area (Å²) >= 11 is 5.09. The highest BCUT2D eigenvalue weighted by molar-refractivity contribution is 9.10. The average Bonchev–Trinajstić information content (AvgIpc) is 2.97. The van der Waals surface area contributed by atoms with E-state index < -0.39 is 11.9 Å². The van der Waals surface area contributed by atoms with Gasteiger partial charge in [-0.25, -0.2) is 4.79 Å². The molecule has 120 valence electrons. The number of halogens is 1. The first-order chi connectivity index (χ1) is 10.5. The number of carboxylic acids is 1. The minimum Gasteiger partial charge on any atom is -0.481 e. The van der Waals surface area contributed by atoms with Gasteiger partial charge in [0.05, 0.1) is 5.92 Å². The van der Waals surface area contributed by atoms with Crippen LogP contribution in [0.15, 0.2) is 33.6 Å². The van der Waals surface area contributed by atoms with Crippen molar-refractivity contribution in [2.24, 2.45) is 5.92 Å². The Bertz CT molecular complexity index is 538. The van der Waals surface area contributed by atoms with Crippen LogP contribution in [0.25, 0.3) is 0 Å². The van der Waals surface area contributed by atoms with Crippen molar-refractivity contribution in [3.05, 3.63) is 28.7 Å². The van der Waals surface area contributed by atoms with Crippen molar-refractivity contribution in [2.45, 2.75) is 23.5 Å². The number of carbonyl (C=O) groups is 2. The molecule has 0 bridgehead atoms. The zero-order valence-corrected chi connectivity index (χ0v) is 14.7. The Balaban J connectivity index is 1.74. The summed E-state index contributed by atoms with van der Waals surface area (Å²) < 4.78 is 1.04. The third kappa shape index (κ3) is 4.91. The van der Waals surface area contributed by atoms with Crippen LogP contribution in [0.1, 0.15) is 13.3 Å². The van der Waals surface area contributed by atoms with E-state index in [9.17, 15) is 9.59 Å². The minimum absolute atomic E-state index is 0.174. The molecule has 2 atom stereocenters. The first-order valence-electron chi connectivity index (χ1n) is 7.13. The fraction of sp³-hybridized carbons (Fsp3) is 0.467. The number of carbonyl (C=O) groups excluding carboxylic acids is 1. The number of nitrogens with one attached hydrogen (secondary N) is 1.